The maximum absolute atomic E-state index is 2.46. The Morgan fingerprint density at radius 1 is 0.857 bits per heavy atom. The van der Waals surface area contributed by atoms with E-state index in [9.17, 15) is 0 Å². The third-order valence-corrected chi connectivity index (χ3v) is 4.05. The van der Waals surface area contributed by atoms with Crippen molar-refractivity contribution in [3.05, 3.63) is 71.8 Å². The van der Waals surface area contributed by atoms with E-state index in [1.807, 2.05) is 0 Å². The Morgan fingerprint density at radius 2 is 1.48 bits per heavy atom. The summed E-state index contributed by atoms with van der Waals surface area (Å²) >= 11 is 0. The Hall–Kier alpha value is -1.60. The van der Waals surface area contributed by atoms with Gasteiger partial charge in [-0.2, -0.15) is 0 Å². The van der Waals surface area contributed by atoms with E-state index in [0.717, 1.165) is 6.54 Å². The minimum Gasteiger partial charge on any atom is -0.306 e. The monoisotopic (exact) mass is 281 g/mol. The number of unbranched alkanes of at least 4 members (excludes halogenated alkanes) is 1. The number of benzene rings is 2. The minimum absolute atomic E-state index is 0.602. The van der Waals surface area contributed by atoms with Gasteiger partial charge in [0.2, 0.25) is 0 Å². The van der Waals surface area contributed by atoms with E-state index in [0.29, 0.717) is 5.92 Å². The predicted octanol–water partition coefficient (Wildman–Crippen LogP) is 4.74. The minimum atomic E-state index is 0.602. The summed E-state index contributed by atoms with van der Waals surface area (Å²) in [5.74, 6) is 0.602. The molecule has 1 atom stereocenters. The van der Waals surface area contributed by atoms with Gasteiger partial charge in [0.05, 0.1) is 0 Å². The van der Waals surface area contributed by atoms with Crippen LogP contribution in [0.5, 0.6) is 0 Å². The number of hydrogen-bond donors (Lipinski definition) is 0. The topological polar surface area (TPSA) is 3.24 Å². The van der Waals surface area contributed by atoms with Gasteiger partial charge in [0.25, 0.3) is 0 Å². The molecule has 0 spiro atoms. The standard InChI is InChI=1S/C20H27N/c1-18(20-14-7-4-8-15-20)17-21(2)16-10-9-13-19-11-5-3-6-12-19/h3-8,11-12,14-15,18H,9-10,13,16-17H2,1-2H3. The average molecular weight is 281 g/mol. The first-order valence-corrected chi connectivity index (χ1v) is 8.03. The molecule has 21 heavy (non-hydrogen) atoms. The molecule has 0 aromatic heterocycles. The fourth-order valence-corrected chi connectivity index (χ4v) is 2.80. The third-order valence-electron chi connectivity index (χ3n) is 4.05. The van der Waals surface area contributed by atoms with Crippen LogP contribution in [0, 0.1) is 0 Å². The normalized spacial score (nSPS) is 12.5. The molecule has 0 aliphatic rings. The number of rotatable bonds is 8. The van der Waals surface area contributed by atoms with Crippen LogP contribution < -0.4 is 0 Å². The molecule has 0 aliphatic carbocycles. The van der Waals surface area contributed by atoms with Gasteiger partial charge < -0.3 is 4.90 Å². The van der Waals surface area contributed by atoms with Crippen molar-refractivity contribution in [2.45, 2.75) is 32.1 Å². The highest BCUT2D eigenvalue weighted by atomic mass is 15.1. The van der Waals surface area contributed by atoms with Crippen molar-refractivity contribution in [3.8, 4) is 0 Å². The van der Waals surface area contributed by atoms with E-state index >= 15 is 0 Å². The van der Waals surface area contributed by atoms with Crippen molar-refractivity contribution in [3.63, 3.8) is 0 Å². The summed E-state index contributed by atoms with van der Waals surface area (Å²) in [6.45, 7) is 4.63. The quantitative estimate of drug-likeness (QED) is 0.631. The van der Waals surface area contributed by atoms with Crippen LogP contribution in [-0.2, 0) is 6.42 Å². The number of likely N-dealkylation sites (N-methyl/N-ethyl adjacent to an activating group) is 1. The van der Waals surface area contributed by atoms with Crippen LogP contribution in [0.4, 0.5) is 0 Å². The van der Waals surface area contributed by atoms with E-state index in [4.69, 9.17) is 0 Å². The van der Waals surface area contributed by atoms with Gasteiger partial charge in [0.1, 0.15) is 0 Å². The molecule has 2 aromatic rings. The summed E-state index contributed by atoms with van der Waals surface area (Å²) in [5, 5.41) is 0. The van der Waals surface area contributed by atoms with Gasteiger partial charge in [0, 0.05) is 6.54 Å². The van der Waals surface area contributed by atoms with Gasteiger partial charge in [-0.05, 0) is 49.9 Å². The van der Waals surface area contributed by atoms with Crippen molar-refractivity contribution in [1.82, 2.24) is 4.90 Å². The second kappa shape index (κ2) is 8.63. The Kier molecular flexibility index (Phi) is 6.49. The molecule has 0 fully saturated rings. The zero-order chi connectivity index (χ0) is 14.9. The lowest BCUT2D eigenvalue weighted by atomic mass is 10.0. The number of hydrogen-bond acceptors (Lipinski definition) is 1. The maximum atomic E-state index is 2.46. The predicted molar refractivity (Wildman–Crippen MR) is 91.7 cm³/mol. The molecule has 0 bridgehead atoms. The Labute approximate surface area is 129 Å². The molecule has 0 aliphatic heterocycles. The first kappa shape index (κ1) is 15.8. The highest BCUT2D eigenvalue weighted by molar-refractivity contribution is 5.19. The molecule has 1 heteroatoms. The molecule has 0 N–H and O–H groups in total. The van der Waals surface area contributed by atoms with Crippen molar-refractivity contribution in [1.29, 1.82) is 0 Å². The Morgan fingerprint density at radius 3 is 2.14 bits per heavy atom. The van der Waals surface area contributed by atoms with Gasteiger partial charge in [-0.3, -0.25) is 0 Å². The second-order valence-corrected chi connectivity index (χ2v) is 6.02. The van der Waals surface area contributed by atoms with Crippen LogP contribution in [0.3, 0.4) is 0 Å². The summed E-state index contributed by atoms with van der Waals surface area (Å²) in [6.07, 6.45) is 3.74. The first-order valence-electron chi connectivity index (χ1n) is 8.03. The highest BCUT2D eigenvalue weighted by Crippen LogP contribution is 2.15. The van der Waals surface area contributed by atoms with Crippen LogP contribution in [0.2, 0.25) is 0 Å². The molecule has 1 nitrogen and oxygen atoms in total. The summed E-state index contributed by atoms with van der Waals surface area (Å²) in [5.41, 5.74) is 2.89. The largest absolute Gasteiger partial charge is 0.306 e. The molecule has 0 radical (unpaired) electrons. The fourth-order valence-electron chi connectivity index (χ4n) is 2.80. The van der Waals surface area contributed by atoms with E-state index in [2.05, 4.69) is 79.5 Å². The molecule has 0 saturated carbocycles. The van der Waals surface area contributed by atoms with Crippen LogP contribution in [0.25, 0.3) is 0 Å². The van der Waals surface area contributed by atoms with Gasteiger partial charge in [-0.1, -0.05) is 67.6 Å². The lowest BCUT2D eigenvalue weighted by Gasteiger charge is -2.21. The van der Waals surface area contributed by atoms with Gasteiger partial charge in [-0.25, -0.2) is 0 Å². The summed E-state index contributed by atoms with van der Waals surface area (Å²) < 4.78 is 0. The molecule has 0 heterocycles. The lowest BCUT2D eigenvalue weighted by molar-refractivity contribution is 0.310. The zero-order valence-electron chi connectivity index (χ0n) is 13.3. The molecule has 2 rings (SSSR count). The Bertz CT molecular complexity index is 492. The number of nitrogens with zero attached hydrogens (tertiary/aromatic N) is 1. The van der Waals surface area contributed by atoms with Crippen molar-refractivity contribution in [2.75, 3.05) is 20.1 Å². The van der Waals surface area contributed by atoms with Gasteiger partial charge >= 0.3 is 0 Å². The zero-order valence-corrected chi connectivity index (χ0v) is 13.3. The van der Waals surface area contributed by atoms with E-state index in [1.54, 1.807) is 0 Å². The average Bonchev–Trinajstić information content (AvgIpc) is 2.53. The SMILES string of the molecule is CC(CN(C)CCCCc1ccccc1)c1ccccc1. The summed E-state index contributed by atoms with van der Waals surface area (Å²) in [7, 11) is 2.24. The third kappa shape index (κ3) is 5.73. The first-order chi connectivity index (χ1) is 10.3. The van der Waals surface area contributed by atoms with Crippen molar-refractivity contribution < 1.29 is 0 Å². The molecule has 0 saturated heterocycles. The lowest BCUT2D eigenvalue weighted by Crippen LogP contribution is -2.24. The van der Waals surface area contributed by atoms with E-state index in [-0.39, 0.29) is 0 Å². The van der Waals surface area contributed by atoms with E-state index in [1.165, 1.54) is 36.9 Å². The summed E-state index contributed by atoms with van der Waals surface area (Å²) in [4.78, 5) is 2.46. The fraction of sp³-hybridized carbons (Fsp3) is 0.400. The van der Waals surface area contributed by atoms with Crippen LogP contribution in [-0.4, -0.2) is 25.0 Å². The van der Waals surface area contributed by atoms with Gasteiger partial charge in [-0.15, -0.1) is 0 Å². The molecular formula is C20H27N. The van der Waals surface area contributed by atoms with Crippen LogP contribution in [0.15, 0.2) is 60.7 Å². The van der Waals surface area contributed by atoms with Crippen molar-refractivity contribution in [2.24, 2.45) is 0 Å². The molecule has 112 valence electrons. The molecular weight excluding hydrogens is 254 g/mol. The van der Waals surface area contributed by atoms with Gasteiger partial charge in [0.15, 0.2) is 0 Å². The summed E-state index contributed by atoms with van der Waals surface area (Å²) in [6, 6.07) is 21.6. The van der Waals surface area contributed by atoms with E-state index < -0.39 is 0 Å². The number of aryl methyl sites for hydroxylation is 1. The van der Waals surface area contributed by atoms with Crippen LogP contribution in [0.1, 0.15) is 36.8 Å². The molecule has 0 amide bonds. The maximum Gasteiger partial charge on any atom is 0.00446 e. The molecule has 1 unspecified atom stereocenters. The molecule has 2 aromatic carbocycles. The van der Waals surface area contributed by atoms with Crippen molar-refractivity contribution >= 4 is 0 Å². The second-order valence-electron chi connectivity index (χ2n) is 6.02. The smallest absolute Gasteiger partial charge is 0.00446 e. The highest BCUT2D eigenvalue weighted by Gasteiger charge is 2.08. The van der Waals surface area contributed by atoms with Crippen LogP contribution >= 0.6 is 0 Å². The Balaban J connectivity index is 1.64.